The maximum Gasteiger partial charge on any atom is 0.357 e. The van der Waals surface area contributed by atoms with Crippen LogP contribution in [0.25, 0.3) is 10.8 Å². The number of carbonyl (C=O) groups excluding carboxylic acids is 1. The summed E-state index contributed by atoms with van der Waals surface area (Å²) >= 11 is 0. The fraction of sp³-hybridized carbons (Fsp3) is 0.227. The van der Waals surface area contributed by atoms with Crippen LogP contribution in [0, 0.1) is 0 Å². The molecule has 0 unspecified atom stereocenters. The summed E-state index contributed by atoms with van der Waals surface area (Å²) in [6, 6.07) is 22.4. The van der Waals surface area contributed by atoms with Gasteiger partial charge in [-0.05, 0) is 48.4 Å². The van der Waals surface area contributed by atoms with Crippen molar-refractivity contribution in [3.8, 4) is 0 Å². The van der Waals surface area contributed by atoms with Crippen LogP contribution >= 0.6 is 7.60 Å². The molecule has 1 amide bonds. The maximum atomic E-state index is 13.6. The third-order valence-corrected chi connectivity index (χ3v) is 6.62. The highest BCUT2D eigenvalue weighted by atomic mass is 31.2. The lowest BCUT2D eigenvalue weighted by Gasteiger charge is -2.27. The van der Waals surface area contributed by atoms with Crippen LogP contribution in [0.5, 0.6) is 0 Å². The molecule has 28 heavy (non-hydrogen) atoms. The summed E-state index contributed by atoms with van der Waals surface area (Å²) in [5.74, 6) is -1.25. The third kappa shape index (κ3) is 4.50. The molecule has 5 nitrogen and oxygen atoms in total. The van der Waals surface area contributed by atoms with E-state index >= 15 is 0 Å². The second-order valence-electron chi connectivity index (χ2n) is 6.22. The summed E-state index contributed by atoms with van der Waals surface area (Å²) in [5.41, 5.74) is 1.15. The standard InChI is InChI=1S/C22H24NO4P/c1-3-26-28(25,27-4-2)22(23-21(24)18-11-6-5-7-12-18)20-15-14-17-10-8-9-13-19(17)16-20/h5-16,22H,3-4H2,1-2H3,(H,23,24)/t22-/m1/s1. The lowest BCUT2D eigenvalue weighted by Crippen LogP contribution is -2.29. The van der Waals surface area contributed by atoms with Gasteiger partial charge in [0, 0.05) is 5.56 Å². The predicted octanol–water partition coefficient (Wildman–Crippen LogP) is 5.53. The molecule has 0 heterocycles. The molecule has 3 aromatic carbocycles. The number of rotatable bonds is 8. The average molecular weight is 397 g/mol. The summed E-state index contributed by atoms with van der Waals surface area (Å²) in [5, 5.41) is 4.91. The van der Waals surface area contributed by atoms with Crippen molar-refractivity contribution >= 4 is 24.3 Å². The van der Waals surface area contributed by atoms with E-state index in [-0.39, 0.29) is 19.1 Å². The largest absolute Gasteiger partial charge is 0.357 e. The lowest BCUT2D eigenvalue weighted by molar-refractivity contribution is 0.0937. The van der Waals surface area contributed by atoms with Crippen molar-refractivity contribution in [2.45, 2.75) is 19.6 Å². The fourth-order valence-electron chi connectivity index (χ4n) is 3.07. The first kappa shape index (κ1) is 20.3. The van der Waals surface area contributed by atoms with E-state index in [1.807, 2.05) is 48.5 Å². The first-order valence-corrected chi connectivity index (χ1v) is 10.9. The van der Waals surface area contributed by atoms with Crippen LogP contribution in [0.4, 0.5) is 0 Å². The molecule has 1 N–H and O–H groups in total. The van der Waals surface area contributed by atoms with Crippen LogP contribution in [-0.2, 0) is 13.6 Å². The molecule has 0 aromatic heterocycles. The quantitative estimate of drug-likeness (QED) is 0.507. The minimum Gasteiger partial charge on any atom is -0.334 e. The second-order valence-corrected chi connectivity index (χ2v) is 8.34. The summed E-state index contributed by atoms with van der Waals surface area (Å²) in [7, 11) is -3.64. The normalized spacial score (nSPS) is 12.6. The molecule has 3 aromatic rings. The van der Waals surface area contributed by atoms with E-state index in [1.165, 1.54) is 0 Å². The van der Waals surface area contributed by atoms with Gasteiger partial charge in [-0.1, -0.05) is 54.6 Å². The van der Waals surface area contributed by atoms with E-state index in [0.29, 0.717) is 11.1 Å². The molecule has 0 saturated heterocycles. The number of amides is 1. The first-order chi connectivity index (χ1) is 13.6. The Hall–Kier alpha value is -2.46. The molecule has 3 rings (SSSR count). The van der Waals surface area contributed by atoms with Gasteiger partial charge in [-0.25, -0.2) is 0 Å². The summed E-state index contributed by atoms with van der Waals surface area (Å²) in [6.07, 6.45) is 0. The van der Waals surface area contributed by atoms with E-state index in [2.05, 4.69) is 5.32 Å². The Labute approximate surface area is 165 Å². The van der Waals surface area contributed by atoms with Crippen LogP contribution in [-0.4, -0.2) is 19.1 Å². The summed E-state index contributed by atoms with van der Waals surface area (Å²) in [4.78, 5) is 12.8. The minimum absolute atomic E-state index is 0.211. The smallest absolute Gasteiger partial charge is 0.334 e. The van der Waals surface area contributed by atoms with Crippen molar-refractivity contribution in [2.24, 2.45) is 0 Å². The number of nitrogens with one attached hydrogen (secondary N) is 1. The summed E-state index contributed by atoms with van der Waals surface area (Å²) < 4.78 is 24.7. The van der Waals surface area contributed by atoms with Crippen molar-refractivity contribution in [1.29, 1.82) is 0 Å². The van der Waals surface area contributed by atoms with Gasteiger partial charge in [-0.2, -0.15) is 0 Å². The monoisotopic (exact) mass is 397 g/mol. The molecule has 0 aliphatic carbocycles. The van der Waals surface area contributed by atoms with Crippen molar-refractivity contribution in [1.82, 2.24) is 5.32 Å². The Kier molecular flexibility index (Phi) is 6.63. The van der Waals surface area contributed by atoms with E-state index in [0.717, 1.165) is 10.8 Å². The van der Waals surface area contributed by atoms with Crippen LogP contribution < -0.4 is 5.32 Å². The molecule has 0 bridgehead atoms. The van der Waals surface area contributed by atoms with E-state index in [4.69, 9.17) is 9.05 Å². The molecule has 0 spiro atoms. The van der Waals surface area contributed by atoms with E-state index in [1.54, 1.807) is 38.1 Å². The van der Waals surface area contributed by atoms with Crippen molar-refractivity contribution < 1.29 is 18.4 Å². The number of fused-ring (bicyclic) bond motifs is 1. The Morgan fingerprint density at radius 1 is 0.893 bits per heavy atom. The number of carbonyl (C=O) groups is 1. The zero-order valence-corrected chi connectivity index (χ0v) is 16.9. The van der Waals surface area contributed by atoms with Crippen LogP contribution in [0.15, 0.2) is 72.8 Å². The molecule has 0 fully saturated rings. The van der Waals surface area contributed by atoms with Gasteiger partial charge in [0.25, 0.3) is 5.91 Å². The molecule has 0 saturated carbocycles. The molecule has 1 atom stereocenters. The number of benzene rings is 3. The molecule has 0 radical (unpaired) electrons. The van der Waals surface area contributed by atoms with E-state index < -0.39 is 13.4 Å². The van der Waals surface area contributed by atoms with Gasteiger partial charge in [0.05, 0.1) is 13.2 Å². The van der Waals surface area contributed by atoms with Gasteiger partial charge in [0.15, 0.2) is 5.78 Å². The molecular formula is C22H24NO4P. The van der Waals surface area contributed by atoms with Crippen molar-refractivity contribution in [2.75, 3.05) is 13.2 Å². The Morgan fingerprint density at radius 3 is 2.14 bits per heavy atom. The number of hydrogen-bond acceptors (Lipinski definition) is 4. The zero-order valence-electron chi connectivity index (χ0n) is 16.0. The van der Waals surface area contributed by atoms with Gasteiger partial charge in [-0.15, -0.1) is 0 Å². The molecular weight excluding hydrogens is 373 g/mol. The highest BCUT2D eigenvalue weighted by Crippen LogP contribution is 2.59. The molecule has 0 aliphatic heterocycles. The van der Waals surface area contributed by atoms with Crippen LogP contribution in [0.1, 0.15) is 35.6 Å². The van der Waals surface area contributed by atoms with Gasteiger partial charge < -0.3 is 14.4 Å². The van der Waals surface area contributed by atoms with Crippen LogP contribution in [0.2, 0.25) is 0 Å². The Balaban J connectivity index is 2.04. The Morgan fingerprint density at radius 2 is 1.50 bits per heavy atom. The predicted molar refractivity (Wildman–Crippen MR) is 111 cm³/mol. The highest BCUT2D eigenvalue weighted by molar-refractivity contribution is 7.54. The van der Waals surface area contributed by atoms with Crippen LogP contribution in [0.3, 0.4) is 0 Å². The van der Waals surface area contributed by atoms with Gasteiger partial charge in [0.1, 0.15) is 0 Å². The molecule has 0 aliphatic rings. The Bertz CT molecular complexity index is 980. The summed E-state index contributed by atoms with van der Waals surface area (Å²) in [6.45, 7) is 3.93. The fourth-order valence-corrected chi connectivity index (χ4v) is 4.96. The highest BCUT2D eigenvalue weighted by Gasteiger charge is 2.38. The minimum atomic E-state index is -3.64. The average Bonchev–Trinajstić information content (AvgIpc) is 2.72. The van der Waals surface area contributed by atoms with Gasteiger partial charge >= 0.3 is 7.60 Å². The molecule has 6 heteroatoms. The van der Waals surface area contributed by atoms with Crippen molar-refractivity contribution in [3.63, 3.8) is 0 Å². The first-order valence-electron chi connectivity index (χ1n) is 9.31. The zero-order chi connectivity index (χ0) is 20.0. The van der Waals surface area contributed by atoms with Gasteiger partial charge in [-0.3, -0.25) is 9.36 Å². The third-order valence-electron chi connectivity index (χ3n) is 4.33. The lowest BCUT2D eigenvalue weighted by atomic mass is 10.1. The number of hydrogen-bond donors (Lipinski definition) is 1. The molecule has 146 valence electrons. The second kappa shape index (κ2) is 9.16. The van der Waals surface area contributed by atoms with E-state index in [9.17, 15) is 9.36 Å². The van der Waals surface area contributed by atoms with Crippen molar-refractivity contribution in [3.05, 3.63) is 83.9 Å². The maximum absolute atomic E-state index is 13.6. The topological polar surface area (TPSA) is 64.6 Å². The van der Waals surface area contributed by atoms with Gasteiger partial charge in [0.2, 0.25) is 0 Å². The SMILES string of the molecule is CCOP(=O)(OCC)[C@@H](NC(=O)c1ccccc1)c1ccc2ccccc2c1.